The fourth-order valence-corrected chi connectivity index (χ4v) is 1.75. The summed E-state index contributed by atoms with van der Waals surface area (Å²) in [6.45, 7) is 1.24. The number of halogens is 5. The van der Waals surface area contributed by atoms with Crippen molar-refractivity contribution >= 4 is 35.1 Å². The predicted octanol–water partition coefficient (Wildman–Crippen LogP) is 4.28. The van der Waals surface area contributed by atoms with Crippen LogP contribution < -0.4 is 0 Å². The molecule has 1 atom stereocenters. The van der Waals surface area contributed by atoms with Crippen molar-refractivity contribution in [2.75, 3.05) is 0 Å². The van der Waals surface area contributed by atoms with Crippen molar-refractivity contribution in [2.45, 2.75) is 25.1 Å². The average molecular weight is 327 g/mol. The molecule has 0 spiro atoms. The molecule has 1 aromatic rings. The number of hydrogen-bond acceptors (Lipinski definition) is 2. The Morgan fingerprint density at radius 2 is 1.90 bits per heavy atom. The standard InChI is InChI=1S/C13H11Cl2F3O2/c1-2-11(19)12(20,13(16,17)18)6-5-8-3-4-9(14)10(15)7-8/h3-7,20H,2H2,1H3. The minimum absolute atomic E-state index is 0.159. The number of carbonyl (C=O) groups excluding carboxylic acids is 1. The SMILES string of the molecule is CCC(=O)C(O)(C=Cc1ccc(Cl)c(Cl)c1)C(F)(F)F. The second-order valence-corrected chi connectivity index (χ2v) is 4.86. The smallest absolute Gasteiger partial charge is 0.370 e. The van der Waals surface area contributed by atoms with Gasteiger partial charge in [0.05, 0.1) is 10.0 Å². The number of aliphatic hydroxyl groups is 1. The number of rotatable bonds is 4. The molecule has 20 heavy (non-hydrogen) atoms. The van der Waals surface area contributed by atoms with Crippen molar-refractivity contribution in [2.24, 2.45) is 0 Å². The second-order valence-electron chi connectivity index (χ2n) is 4.05. The largest absolute Gasteiger partial charge is 0.428 e. The van der Waals surface area contributed by atoms with E-state index in [2.05, 4.69) is 0 Å². The van der Waals surface area contributed by atoms with Crippen LogP contribution in [-0.2, 0) is 4.79 Å². The van der Waals surface area contributed by atoms with E-state index < -0.39 is 24.0 Å². The van der Waals surface area contributed by atoms with Gasteiger partial charge in [0, 0.05) is 6.42 Å². The topological polar surface area (TPSA) is 37.3 Å². The molecular weight excluding hydrogens is 316 g/mol. The van der Waals surface area contributed by atoms with Gasteiger partial charge in [0.2, 0.25) is 5.60 Å². The third kappa shape index (κ3) is 3.53. The zero-order valence-electron chi connectivity index (χ0n) is 10.3. The number of carbonyl (C=O) groups is 1. The molecule has 0 saturated heterocycles. The first-order valence-corrected chi connectivity index (χ1v) is 6.34. The van der Waals surface area contributed by atoms with Crippen LogP contribution in [0.4, 0.5) is 13.2 Å². The van der Waals surface area contributed by atoms with E-state index in [1.807, 2.05) is 0 Å². The third-order valence-corrected chi connectivity index (χ3v) is 3.38. The van der Waals surface area contributed by atoms with E-state index in [1.54, 1.807) is 0 Å². The first-order chi connectivity index (χ1) is 9.11. The average Bonchev–Trinajstić information content (AvgIpc) is 2.37. The molecule has 1 unspecified atom stereocenters. The summed E-state index contributed by atoms with van der Waals surface area (Å²) in [6, 6.07) is 4.14. The molecule has 1 rings (SSSR count). The molecule has 0 fully saturated rings. The number of hydrogen-bond donors (Lipinski definition) is 1. The van der Waals surface area contributed by atoms with Crippen LogP contribution >= 0.6 is 23.2 Å². The predicted molar refractivity (Wildman–Crippen MR) is 71.8 cm³/mol. The molecule has 2 nitrogen and oxygen atoms in total. The molecule has 0 bridgehead atoms. The van der Waals surface area contributed by atoms with Gasteiger partial charge in [0.15, 0.2) is 5.78 Å². The Hall–Kier alpha value is -1.04. The van der Waals surface area contributed by atoms with Gasteiger partial charge in [-0.2, -0.15) is 13.2 Å². The summed E-state index contributed by atoms with van der Waals surface area (Å²) in [5.41, 5.74) is -3.22. The molecule has 0 aliphatic rings. The van der Waals surface area contributed by atoms with E-state index in [0.717, 1.165) is 6.08 Å². The van der Waals surface area contributed by atoms with Crippen molar-refractivity contribution in [1.29, 1.82) is 0 Å². The molecule has 0 amide bonds. The second kappa shape index (κ2) is 6.16. The summed E-state index contributed by atoms with van der Waals surface area (Å²) >= 11 is 11.4. The Labute approximate surface area is 123 Å². The van der Waals surface area contributed by atoms with Crippen LogP contribution in [0.5, 0.6) is 0 Å². The van der Waals surface area contributed by atoms with Crippen LogP contribution in [0.3, 0.4) is 0 Å². The Morgan fingerprint density at radius 3 is 2.35 bits per heavy atom. The van der Waals surface area contributed by atoms with Crippen LogP contribution in [0, 0.1) is 0 Å². The van der Waals surface area contributed by atoms with Crippen LogP contribution in [0.25, 0.3) is 6.08 Å². The van der Waals surface area contributed by atoms with Crippen molar-refractivity contribution in [3.8, 4) is 0 Å². The highest BCUT2D eigenvalue weighted by molar-refractivity contribution is 6.42. The first kappa shape index (κ1) is 17.0. The van der Waals surface area contributed by atoms with Crippen LogP contribution in [0.1, 0.15) is 18.9 Å². The molecule has 0 aliphatic heterocycles. The zero-order valence-corrected chi connectivity index (χ0v) is 11.9. The van der Waals surface area contributed by atoms with Crippen LogP contribution in [0.15, 0.2) is 24.3 Å². The maximum Gasteiger partial charge on any atom is 0.428 e. The number of benzene rings is 1. The highest BCUT2D eigenvalue weighted by Gasteiger charge is 2.56. The molecule has 0 radical (unpaired) electrons. The summed E-state index contributed by atoms with van der Waals surface area (Å²) in [5.74, 6) is -1.33. The summed E-state index contributed by atoms with van der Waals surface area (Å²) in [7, 11) is 0. The molecule has 0 saturated carbocycles. The lowest BCUT2D eigenvalue weighted by Crippen LogP contribution is -2.50. The number of ketones is 1. The Kier molecular flexibility index (Phi) is 5.24. The van der Waals surface area contributed by atoms with Gasteiger partial charge in [-0.25, -0.2) is 0 Å². The van der Waals surface area contributed by atoms with E-state index in [4.69, 9.17) is 23.2 Å². The van der Waals surface area contributed by atoms with E-state index in [-0.39, 0.29) is 15.6 Å². The lowest BCUT2D eigenvalue weighted by molar-refractivity contribution is -0.232. The Morgan fingerprint density at radius 1 is 1.30 bits per heavy atom. The Bertz CT molecular complexity index is 541. The van der Waals surface area contributed by atoms with Crippen LogP contribution in [0.2, 0.25) is 10.0 Å². The maximum absolute atomic E-state index is 12.8. The highest BCUT2D eigenvalue weighted by atomic mass is 35.5. The molecule has 0 aromatic heterocycles. The molecular formula is C13H11Cl2F3O2. The van der Waals surface area contributed by atoms with E-state index in [1.165, 1.54) is 25.1 Å². The van der Waals surface area contributed by atoms with Crippen molar-refractivity contribution in [1.82, 2.24) is 0 Å². The zero-order chi connectivity index (χ0) is 15.6. The molecule has 1 aromatic carbocycles. The van der Waals surface area contributed by atoms with E-state index >= 15 is 0 Å². The summed E-state index contributed by atoms with van der Waals surface area (Å²) in [5, 5.41) is 9.99. The van der Waals surface area contributed by atoms with Crippen molar-refractivity contribution < 1.29 is 23.1 Å². The third-order valence-electron chi connectivity index (χ3n) is 2.64. The lowest BCUT2D eigenvalue weighted by atomic mass is 9.94. The summed E-state index contributed by atoms with van der Waals surface area (Å²) < 4.78 is 38.5. The fraction of sp³-hybridized carbons (Fsp3) is 0.308. The van der Waals surface area contributed by atoms with Crippen molar-refractivity contribution in [3.05, 3.63) is 39.9 Å². The molecule has 1 N–H and O–H groups in total. The Balaban J connectivity index is 3.16. The fourth-order valence-electron chi connectivity index (χ4n) is 1.45. The number of alkyl halides is 3. The van der Waals surface area contributed by atoms with Gasteiger partial charge in [0.25, 0.3) is 0 Å². The first-order valence-electron chi connectivity index (χ1n) is 5.58. The minimum Gasteiger partial charge on any atom is -0.370 e. The summed E-state index contributed by atoms with van der Waals surface area (Å²) in [6.07, 6.45) is -4.14. The normalized spacial score (nSPS) is 15.3. The van der Waals surface area contributed by atoms with Crippen molar-refractivity contribution in [3.63, 3.8) is 0 Å². The van der Waals surface area contributed by atoms with Gasteiger partial charge in [-0.1, -0.05) is 42.3 Å². The molecule has 110 valence electrons. The van der Waals surface area contributed by atoms with E-state index in [9.17, 15) is 23.1 Å². The van der Waals surface area contributed by atoms with E-state index in [0.29, 0.717) is 6.08 Å². The van der Waals surface area contributed by atoms with Gasteiger partial charge < -0.3 is 5.11 Å². The van der Waals surface area contributed by atoms with Gasteiger partial charge >= 0.3 is 6.18 Å². The monoisotopic (exact) mass is 326 g/mol. The minimum atomic E-state index is -5.09. The molecule has 0 aliphatic carbocycles. The quantitative estimate of drug-likeness (QED) is 0.896. The van der Waals surface area contributed by atoms with Gasteiger partial charge in [-0.15, -0.1) is 0 Å². The highest BCUT2D eigenvalue weighted by Crippen LogP contribution is 2.34. The maximum atomic E-state index is 12.8. The lowest BCUT2D eigenvalue weighted by Gasteiger charge is -2.25. The van der Waals surface area contributed by atoms with Gasteiger partial charge in [-0.3, -0.25) is 4.79 Å². The van der Waals surface area contributed by atoms with Gasteiger partial charge in [-0.05, 0) is 23.8 Å². The molecule has 7 heteroatoms. The molecule has 0 heterocycles. The van der Waals surface area contributed by atoms with Gasteiger partial charge in [0.1, 0.15) is 0 Å². The van der Waals surface area contributed by atoms with Crippen LogP contribution in [-0.4, -0.2) is 22.7 Å². The number of Topliss-reactive ketones (excluding diaryl/α,β-unsaturated/α-hetero) is 1. The summed E-state index contributed by atoms with van der Waals surface area (Å²) in [4.78, 5) is 11.4.